The number of rotatable bonds is 4. The molecule has 1 aromatic heterocycles. The quantitative estimate of drug-likeness (QED) is 0.777. The van der Waals surface area contributed by atoms with Crippen LogP contribution in [0.1, 0.15) is 36.9 Å². The summed E-state index contributed by atoms with van der Waals surface area (Å²) in [5.74, 6) is 0. The highest BCUT2D eigenvalue weighted by Crippen LogP contribution is 2.23. The fourth-order valence-corrected chi connectivity index (χ4v) is 2.28. The van der Waals surface area contributed by atoms with E-state index >= 15 is 0 Å². The molecule has 1 aromatic rings. The summed E-state index contributed by atoms with van der Waals surface area (Å²) in [7, 11) is 0. The summed E-state index contributed by atoms with van der Waals surface area (Å²) >= 11 is 1.75. The first-order valence-corrected chi connectivity index (χ1v) is 5.30. The second kappa shape index (κ2) is 4.58. The maximum Gasteiger partial charge on any atom is 0.0798 e. The van der Waals surface area contributed by atoms with E-state index in [4.69, 9.17) is 0 Å². The lowest BCUT2D eigenvalue weighted by Gasteiger charge is -2.13. The Labute approximate surface area is 78.0 Å². The zero-order valence-electron chi connectivity index (χ0n) is 7.92. The summed E-state index contributed by atoms with van der Waals surface area (Å²) in [6.45, 7) is 7.44. The van der Waals surface area contributed by atoms with E-state index in [1.807, 2.05) is 5.51 Å². The first-order valence-electron chi connectivity index (χ1n) is 4.42. The largest absolute Gasteiger partial charge is 0.309 e. The van der Waals surface area contributed by atoms with Gasteiger partial charge in [0.05, 0.1) is 11.2 Å². The number of nitrogens with one attached hydrogen (secondary N) is 1. The van der Waals surface area contributed by atoms with Crippen LogP contribution in [0.25, 0.3) is 0 Å². The summed E-state index contributed by atoms with van der Waals surface area (Å²) in [6.07, 6.45) is 1.14. The van der Waals surface area contributed by atoms with E-state index in [0.717, 1.165) is 13.0 Å². The Morgan fingerprint density at radius 1 is 1.58 bits per heavy atom. The Bertz CT molecular complexity index is 232. The molecular weight excluding hydrogens is 168 g/mol. The van der Waals surface area contributed by atoms with Crippen LogP contribution in [0.5, 0.6) is 0 Å². The molecule has 1 unspecified atom stereocenters. The van der Waals surface area contributed by atoms with Crippen molar-refractivity contribution in [3.05, 3.63) is 16.1 Å². The normalized spacial score (nSPS) is 13.2. The van der Waals surface area contributed by atoms with Gasteiger partial charge in [0, 0.05) is 10.9 Å². The van der Waals surface area contributed by atoms with Crippen molar-refractivity contribution in [3.8, 4) is 0 Å². The van der Waals surface area contributed by atoms with Gasteiger partial charge in [-0.25, -0.2) is 4.98 Å². The van der Waals surface area contributed by atoms with Crippen LogP contribution in [0.3, 0.4) is 0 Å². The van der Waals surface area contributed by atoms with Gasteiger partial charge in [0.1, 0.15) is 0 Å². The molecule has 0 radical (unpaired) electrons. The Hall–Kier alpha value is -0.410. The minimum absolute atomic E-state index is 0.502. The van der Waals surface area contributed by atoms with E-state index in [2.05, 4.69) is 31.1 Å². The molecule has 68 valence electrons. The van der Waals surface area contributed by atoms with Gasteiger partial charge in [0.15, 0.2) is 0 Å². The SMILES string of the molecule is CCNC(CC)c1scnc1C. The minimum atomic E-state index is 0.502. The molecule has 1 rings (SSSR count). The maximum absolute atomic E-state index is 4.25. The zero-order valence-corrected chi connectivity index (χ0v) is 8.74. The lowest BCUT2D eigenvalue weighted by molar-refractivity contribution is 0.542. The maximum atomic E-state index is 4.25. The summed E-state index contributed by atoms with van der Waals surface area (Å²) < 4.78 is 0. The van der Waals surface area contributed by atoms with Gasteiger partial charge in [-0.3, -0.25) is 0 Å². The standard InChI is InChI=1S/C9H16N2S/c1-4-8(10-5-2)9-7(3)11-6-12-9/h6,8,10H,4-5H2,1-3H3. The topological polar surface area (TPSA) is 24.9 Å². The molecule has 0 bridgehead atoms. The molecule has 3 heteroatoms. The molecule has 1 heterocycles. The summed E-state index contributed by atoms with van der Waals surface area (Å²) in [6, 6.07) is 0.502. The van der Waals surface area contributed by atoms with E-state index in [0.29, 0.717) is 6.04 Å². The van der Waals surface area contributed by atoms with Crippen molar-refractivity contribution < 1.29 is 0 Å². The fraction of sp³-hybridized carbons (Fsp3) is 0.667. The zero-order chi connectivity index (χ0) is 8.97. The van der Waals surface area contributed by atoms with Crippen LogP contribution >= 0.6 is 11.3 Å². The van der Waals surface area contributed by atoms with E-state index in [-0.39, 0.29) is 0 Å². The van der Waals surface area contributed by atoms with Gasteiger partial charge in [0.25, 0.3) is 0 Å². The number of hydrogen-bond acceptors (Lipinski definition) is 3. The van der Waals surface area contributed by atoms with Crippen molar-refractivity contribution in [2.45, 2.75) is 33.2 Å². The summed E-state index contributed by atoms with van der Waals surface area (Å²) in [5, 5.41) is 3.45. The summed E-state index contributed by atoms with van der Waals surface area (Å²) in [5.41, 5.74) is 3.10. The Morgan fingerprint density at radius 2 is 2.33 bits per heavy atom. The highest BCUT2D eigenvalue weighted by Gasteiger charge is 2.11. The number of aryl methyl sites for hydroxylation is 1. The van der Waals surface area contributed by atoms with Crippen LogP contribution in [0.4, 0.5) is 0 Å². The molecule has 0 aliphatic rings. The Morgan fingerprint density at radius 3 is 2.75 bits per heavy atom. The van der Waals surface area contributed by atoms with E-state index in [9.17, 15) is 0 Å². The van der Waals surface area contributed by atoms with Crippen molar-refractivity contribution in [2.75, 3.05) is 6.54 Å². The number of thiazole rings is 1. The van der Waals surface area contributed by atoms with Crippen molar-refractivity contribution in [1.29, 1.82) is 0 Å². The highest BCUT2D eigenvalue weighted by atomic mass is 32.1. The average molecular weight is 184 g/mol. The lowest BCUT2D eigenvalue weighted by Crippen LogP contribution is -2.19. The van der Waals surface area contributed by atoms with Crippen molar-refractivity contribution in [1.82, 2.24) is 10.3 Å². The molecule has 0 aliphatic heterocycles. The smallest absolute Gasteiger partial charge is 0.0798 e. The summed E-state index contributed by atoms with van der Waals surface area (Å²) in [4.78, 5) is 5.63. The molecule has 1 atom stereocenters. The third-order valence-electron chi connectivity index (χ3n) is 1.96. The van der Waals surface area contributed by atoms with Crippen LogP contribution in [0, 0.1) is 6.92 Å². The van der Waals surface area contributed by atoms with Gasteiger partial charge in [-0.05, 0) is 19.9 Å². The number of hydrogen-bond donors (Lipinski definition) is 1. The van der Waals surface area contributed by atoms with Crippen LogP contribution in [-0.2, 0) is 0 Å². The third-order valence-corrected chi connectivity index (χ3v) is 3.00. The van der Waals surface area contributed by atoms with Crippen LogP contribution in [-0.4, -0.2) is 11.5 Å². The van der Waals surface area contributed by atoms with Gasteiger partial charge in [-0.1, -0.05) is 13.8 Å². The Kier molecular flexibility index (Phi) is 3.69. The first kappa shape index (κ1) is 9.68. The van der Waals surface area contributed by atoms with Crippen molar-refractivity contribution >= 4 is 11.3 Å². The van der Waals surface area contributed by atoms with Crippen LogP contribution in [0.15, 0.2) is 5.51 Å². The predicted molar refractivity (Wildman–Crippen MR) is 53.6 cm³/mol. The van der Waals surface area contributed by atoms with E-state index in [1.54, 1.807) is 11.3 Å². The molecule has 0 aromatic carbocycles. The fourth-order valence-electron chi connectivity index (χ4n) is 1.31. The average Bonchev–Trinajstić information content (AvgIpc) is 2.47. The molecule has 0 saturated carbocycles. The Balaban J connectivity index is 2.72. The van der Waals surface area contributed by atoms with Gasteiger partial charge >= 0.3 is 0 Å². The van der Waals surface area contributed by atoms with Crippen molar-refractivity contribution in [2.24, 2.45) is 0 Å². The van der Waals surface area contributed by atoms with Gasteiger partial charge in [0.2, 0.25) is 0 Å². The molecule has 2 nitrogen and oxygen atoms in total. The lowest BCUT2D eigenvalue weighted by atomic mass is 10.1. The molecule has 0 amide bonds. The second-order valence-electron chi connectivity index (χ2n) is 2.82. The first-order chi connectivity index (χ1) is 5.79. The second-order valence-corrected chi connectivity index (χ2v) is 3.71. The predicted octanol–water partition coefficient (Wildman–Crippen LogP) is 2.51. The molecule has 0 saturated heterocycles. The van der Waals surface area contributed by atoms with Gasteiger partial charge < -0.3 is 5.32 Å². The molecular formula is C9H16N2S. The number of nitrogens with zero attached hydrogens (tertiary/aromatic N) is 1. The monoisotopic (exact) mass is 184 g/mol. The molecule has 0 fully saturated rings. The van der Waals surface area contributed by atoms with Crippen LogP contribution in [0.2, 0.25) is 0 Å². The highest BCUT2D eigenvalue weighted by molar-refractivity contribution is 7.09. The van der Waals surface area contributed by atoms with Gasteiger partial charge in [-0.2, -0.15) is 0 Å². The molecule has 12 heavy (non-hydrogen) atoms. The minimum Gasteiger partial charge on any atom is -0.309 e. The molecule has 0 spiro atoms. The van der Waals surface area contributed by atoms with Crippen molar-refractivity contribution in [3.63, 3.8) is 0 Å². The molecule has 0 aliphatic carbocycles. The van der Waals surface area contributed by atoms with E-state index < -0.39 is 0 Å². The number of aromatic nitrogens is 1. The third kappa shape index (κ3) is 2.05. The molecule has 1 N–H and O–H groups in total. The van der Waals surface area contributed by atoms with Crippen LogP contribution < -0.4 is 5.32 Å². The van der Waals surface area contributed by atoms with E-state index in [1.165, 1.54) is 10.6 Å². The van der Waals surface area contributed by atoms with Gasteiger partial charge in [-0.15, -0.1) is 11.3 Å².